The standard InChI is InChI=1S/C20H25NO5S/c1-4-14-10-13-27-18(14)17(22)16-8-7-11-21(16)12-9-15(19(23)25-5-2)20(24)26-6-3/h7-8,10-11,13,15H,4-6,9,12H2,1-3H3. The lowest BCUT2D eigenvalue weighted by Crippen LogP contribution is -2.29. The number of nitrogens with zero attached hydrogens (tertiary/aromatic N) is 1. The van der Waals surface area contributed by atoms with Crippen LogP contribution in [0.5, 0.6) is 0 Å². The van der Waals surface area contributed by atoms with E-state index in [1.807, 2.05) is 18.4 Å². The average Bonchev–Trinajstić information content (AvgIpc) is 3.31. The van der Waals surface area contributed by atoms with Gasteiger partial charge in [-0.2, -0.15) is 0 Å². The number of carbonyl (C=O) groups excluding carboxylic acids is 3. The molecule has 0 radical (unpaired) electrons. The number of aryl methyl sites for hydroxylation is 2. The molecule has 0 aliphatic carbocycles. The minimum atomic E-state index is -0.997. The van der Waals surface area contributed by atoms with Crippen LogP contribution in [0.4, 0.5) is 0 Å². The van der Waals surface area contributed by atoms with Crippen LogP contribution < -0.4 is 0 Å². The Morgan fingerprint density at radius 1 is 1.07 bits per heavy atom. The van der Waals surface area contributed by atoms with Gasteiger partial charge in [0.1, 0.15) is 0 Å². The molecule has 2 aromatic rings. The molecule has 0 spiro atoms. The molecule has 0 bridgehead atoms. The number of hydrogen-bond donors (Lipinski definition) is 0. The molecule has 0 aliphatic heterocycles. The molecule has 0 aromatic carbocycles. The van der Waals surface area contributed by atoms with Crippen molar-refractivity contribution in [3.63, 3.8) is 0 Å². The van der Waals surface area contributed by atoms with E-state index in [2.05, 4.69) is 0 Å². The summed E-state index contributed by atoms with van der Waals surface area (Å²) < 4.78 is 11.8. The van der Waals surface area contributed by atoms with Crippen LogP contribution in [0.15, 0.2) is 29.8 Å². The molecule has 2 heterocycles. The monoisotopic (exact) mass is 391 g/mol. The summed E-state index contributed by atoms with van der Waals surface area (Å²) in [7, 11) is 0. The molecular formula is C20H25NO5S. The fraction of sp³-hybridized carbons (Fsp3) is 0.450. The normalized spacial score (nSPS) is 10.8. The van der Waals surface area contributed by atoms with Gasteiger partial charge in [0.05, 0.1) is 23.8 Å². The summed E-state index contributed by atoms with van der Waals surface area (Å²) in [6.45, 7) is 6.12. The molecule has 7 heteroatoms. The first-order valence-electron chi connectivity index (χ1n) is 9.12. The zero-order valence-corrected chi connectivity index (χ0v) is 16.7. The van der Waals surface area contributed by atoms with Gasteiger partial charge in [-0.05, 0) is 55.8 Å². The van der Waals surface area contributed by atoms with Crippen molar-refractivity contribution in [1.29, 1.82) is 0 Å². The Balaban J connectivity index is 2.15. The molecule has 0 aliphatic rings. The Morgan fingerprint density at radius 2 is 1.74 bits per heavy atom. The Hall–Kier alpha value is -2.41. The summed E-state index contributed by atoms with van der Waals surface area (Å²) in [5, 5.41) is 1.91. The summed E-state index contributed by atoms with van der Waals surface area (Å²) in [6, 6.07) is 5.50. The van der Waals surface area contributed by atoms with Crippen LogP contribution in [0.1, 0.15) is 48.1 Å². The van der Waals surface area contributed by atoms with E-state index < -0.39 is 17.9 Å². The van der Waals surface area contributed by atoms with E-state index in [9.17, 15) is 14.4 Å². The molecule has 0 saturated heterocycles. The van der Waals surface area contributed by atoms with Crippen LogP contribution in [0.25, 0.3) is 0 Å². The Morgan fingerprint density at radius 3 is 2.33 bits per heavy atom. The van der Waals surface area contributed by atoms with Gasteiger partial charge in [-0.25, -0.2) is 0 Å². The van der Waals surface area contributed by atoms with Gasteiger partial charge in [-0.3, -0.25) is 14.4 Å². The first-order valence-corrected chi connectivity index (χ1v) is 10.0. The first kappa shape index (κ1) is 20.9. The highest BCUT2D eigenvalue weighted by molar-refractivity contribution is 7.12. The molecule has 146 valence electrons. The van der Waals surface area contributed by atoms with Crippen molar-refractivity contribution in [3.05, 3.63) is 45.9 Å². The van der Waals surface area contributed by atoms with Crippen molar-refractivity contribution >= 4 is 29.1 Å². The molecule has 0 unspecified atom stereocenters. The van der Waals surface area contributed by atoms with E-state index in [-0.39, 0.29) is 25.4 Å². The molecule has 0 N–H and O–H groups in total. The van der Waals surface area contributed by atoms with Crippen LogP contribution >= 0.6 is 11.3 Å². The van der Waals surface area contributed by atoms with Gasteiger partial charge in [-0.15, -0.1) is 11.3 Å². The molecule has 0 atom stereocenters. The van der Waals surface area contributed by atoms with Gasteiger partial charge in [0.15, 0.2) is 5.92 Å². The Labute approximate surface area is 163 Å². The maximum atomic E-state index is 12.9. The number of ketones is 1. The fourth-order valence-electron chi connectivity index (χ4n) is 2.83. The van der Waals surface area contributed by atoms with Gasteiger partial charge in [0.25, 0.3) is 0 Å². The number of thiophene rings is 1. The minimum absolute atomic E-state index is 0.0457. The van der Waals surface area contributed by atoms with Crippen molar-refractivity contribution in [2.45, 2.75) is 40.2 Å². The third-order valence-electron chi connectivity index (χ3n) is 4.20. The molecule has 0 amide bonds. The third kappa shape index (κ3) is 5.07. The van der Waals surface area contributed by atoms with Crippen LogP contribution in [-0.4, -0.2) is 35.5 Å². The van der Waals surface area contributed by atoms with Crippen LogP contribution in [0.2, 0.25) is 0 Å². The van der Waals surface area contributed by atoms with E-state index in [1.54, 1.807) is 36.7 Å². The number of ether oxygens (including phenoxy) is 2. The maximum absolute atomic E-state index is 12.9. The third-order valence-corrected chi connectivity index (χ3v) is 5.15. The van der Waals surface area contributed by atoms with Gasteiger partial charge >= 0.3 is 11.9 Å². The second-order valence-electron chi connectivity index (χ2n) is 5.89. The smallest absolute Gasteiger partial charge is 0.320 e. The van der Waals surface area contributed by atoms with Gasteiger partial charge in [-0.1, -0.05) is 6.92 Å². The van der Waals surface area contributed by atoms with Crippen LogP contribution in [0, 0.1) is 5.92 Å². The average molecular weight is 391 g/mol. The van der Waals surface area contributed by atoms with Crippen LogP contribution in [0.3, 0.4) is 0 Å². The predicted octanol–water partition coefficient (Wildman–Crippen LogP) is 3.48. The lowest BCUT2D eigenvalue weighted by molar-refractivity contribution is -0.162. The summed E-state index contributed by atoms with van der Waals surface area (Å²) in [5.41, 5.74) is 1.56. The lowest BCUT2D eigenvalue weighted by atomic mass is 10.1. The molecule has 6 nitrogen and oxygen atoms in total. The predicted molar refractivity (Wildman–Crippen MR) is 103 cm³/mol. The SMILES string of the molecule is CCOC(=O)C(CCn1cccc1C(=O)c1sccc1CC)C(=O)OCC. The molecule has 0 fully saturated rings. The minimum Gasteiger partial charge on any atom is -0.465 e. The maximum Gasteiger partial charge on any atom is 0.320 e. The quantitative estimate of drug-likeness (QED) is 0.352. The van der Waals surface area contributed by atoms with Crippen molar-refractivity contribution in [2.24, 2.45) is 5.92 Å². The summed E-state index contributed by atoms with van der Waals surface area (Å²) >= 11 is 1.43. The number of hydrogen-bond acceptors (Lipinski definition) is 6. The molecule has 2 rings (SSSR count). The van der Waals surface area contributed by atoms with Crippen molar-refractivity contribution in [1.82, 2.24) is 4.57 Å². The Kier molecular flexibility index (Phi) is 7.79. The van der Waals surface area contributed by atoms with Gasteiger partial charge in [0.2, 0.25) is 5.78 Å². The fourth-order valence-corrected chi connectivity index (χ4v) is 3.77. The number of esters is 2. The van der Waals surface area contributed by atoms with Crippen molar-refractivity contribution in [3.8, 4) is 0 Å². The highest BCUT2D eigenvalue weighted by Gasteiger charge is 2.29. The van der Waals surface area contributed by atoms with Gasteiger partial charge < -0.3 is 14.0 Å². The van der Waals surface area contributed by atoms with Crippen LogP contribution in [-0.2, 0) is 32.0 Å². The molecule has 0 saturated carbocycles. The molecule has 2 aromatic heterocycles. The topological polar surface area (TPSA) is 74.6 Å². The van der Waals surface area contributed by atoms with Gasteiger partial charge in [0, 0.05) is 12.7 Å². The highest BCUT2D eigenvalue weighted by Crippen LogP contribution is 2.22. The molecular weight excluding hydrogens is 366 g/mol. The van der Waals surface area contributed by atoms with E-state index in [1.165, 1.54) is 11.3 Å². The van der Waals surface area contributed by atoms with E-state index in [0.29, 0.717) is 12.2 Å². The summed E-state index contributed by atoms with van der Waals surface area (Å²) in [5.74, 6) is -2.23. The number of rotatable bonds is 10. The zero-order chi connectivity index (χ0) is 19.8. The van der Waals surface area contributed by atoms with E-state index >= 15 is 0 Å². The first-order chi connectivity index (χ1) is 13.0. The highest BCUT2D eigenvalue weighted by atomic mass is 32.1. The summed E-state index contributed by atoms with van der Waals surface area (Å²) in [4.78, 5) is 37.8. The van der Waals surface area contributed by atoms with E-state index in [4.69, 9.17) is 9.47 Å². The zero-order valence-electron chi connectivity index (χ0n) is 15.9. The second-order valence-corrected chi connectivity index (χ2v) is 6.81. The van der Waals surface area contributed by atoms with Crippen molar-refractivity contribution < 1.29 is 23.9 Å². The largest absolute Gasteiger partial charge is 0.465 e. The second kappa shape index (κ2) is 10.1. The number of aromatic nitrogens is 1. The number of carbonyl (C=O) groups is 3. The van der Waals surface area contributed by atoms with E-state index in [0.717, 1.165) is 16.9 Å². The van der Waals surface area contributed by atoms with Crippen molar-refractivity contribution in [2.75, 3.05) is 13.2 Å². The lowest BCUT2D eigenvalue weighted by Gasteiger charge is -2.15. The molecule has 27 heavy (non-hydrogen) atoms. The summed E-state index contributed by atoms with van der Waals surface area (Å²) in [6.07, 6.45) is 2.77. The Bertz CT molecular complexity index is 774.